The molecular weight excluding hydrogens is 249 g/mol. The minimum absolute atomic E-state index is 0.263. The van der Waals surface area contributed by atoms with E-state index < -0.39 is 11.9 Å². The highest BCUT2D eigenvalue weighted by molar-refractivity contribution is 5.80. The second-order valence-electron chi connectivity index (χ2n) is 4.58. The van der Waals surface area contributed by atoms with E-state index in [1.807, 2.05) is 4.90 Å². The zero-order valence-corrected chi connectivity index (χ0v) is 10.6. The molecule has 0 spiro atoms. The van der Waals surface area contributed by atoms with Crippen molar-refractivity contribution in [1.82, 2.24) is 4.90 Å². The predicted molar refractivity (Wildman–Crippen MR) is 68.5 cm³/mol. The molecule has 19 heavy (non-hydrogen) atoms. The summed E-state index contributed by atoms with van der Waals surface area (Å²) in [4.78, 5) is 13.3. The third kappa shape index (κ3) is 3.28. The second kappa shape index (κ2) is 6.10. The molecule has 0 radical (unpaired) electrons. The van der Waals surface area contributed by atoms with Gasteiger partial charge in [0, 0.05) is 19.6 Å². The monoisotopic (exact) mass is 267 g/mol. The summed E-state index contributed by atoms with van der Waals surface area (Å²) in [6.45, 7) is 2.26. The van der Waals surface area contributed by atoms with Crippen molar-refractivity contribution in [2.45, 2.75) is 19.1 Å². The summed E-state index contributed by atoms with van der Waals surface area (Å²) in [5.74, 6) is -0.714. The van der Waals surface area contributed by atoms with Gasteiger partial charge in [-0.1, -0.05) is 6.07 Å². The number of hydrogen-bond donors (Lipinski definition) is 2. The molecule has 0 bridgehead atoms. The smallest absolute Gasteiger partial charge is 0.237 e. The van der Waals surface area contributed by atoms with Crippen LogP contribution in [0.4, 0.5) is 4.39 Å². The Labute approximate surface area is 111 Å². The van der Waals surface area contributed by atoms with Crippen LogP contribution < -0.4 is 11.5 Å². The normalized spacial score (nSPS) is 20.4. The molecule has 0 aromatic heterocycles. The van der Waals surface area contributed by atoms with Gasteiger partial charge < -0.3 is 16.2 Å². The summed E-state index contributed by atoms with van der Waals surface area (Å²) >= 11 is 0. The molecule has 0 saturated carbocycles. The maximum absolute atomic E-state index is 13.2. The SMILES string of the molecule is NCc1cc(F)ccc1CN1CCOCC1C(N)=O. The summed E-state index contributed by atoms with van der Waals surface area (Å²) in [6, 6.07) is 4.08. The van der Waals surface area contributed by atoms with Crippen molar-refractivity contribution in [3.05, 3.63) is 35.1 Å². The van der Waals surface area contributed by atoms with E-state index in [9.17, 15) is 9.18 Å². The molecule has 1 aliphatic rings. The van der Waals surface area contributed by atoms with Gasteiger partial charge in [-0.3, -0.25) is 9.69 Å². The Morgan fingerprint density at radius 1 is 1.47 bits per heavy atom. The van der Waals surface area contributed by atoms with Crippen LogP contribution in [0.2, 0.25) is 0 Å². The van der Waals surface area contributed by atoms with E-state index >= 15 is 0 Å². The molecule has 1 fully saturated rings. The number of carbonyl (C=O) groups is 1. The minimum atomic E-state index is -0.440. The van der Waals surface area contributed by atoms with E-state index in [1.165, 1.54) is 12.1 Å². The molecule has 1 amide bonds. The number of carbonyl (C=O) groups excluding carboxylic acids is 1. The van der Waals surface area contributed by atoms with Gasteiger partial charge in [-0.25, -0.2) is 4.39 Å². The van der Waals surface area contributed by atoms with Crippen molar-refractivity contribution < 1.29 is 13.9 Å². The molecule has 5 nitrogen and oxygen atoms in total. The van der Waals surface area contributed by atoms with Gasteiger partial charge in [0.2, 0.25) is 5.91 Å². The van der Waals surface area contributed by atoms with E-state index in [0.717, 1.165) is 11.1 Å². The minimum Gasteiger partial charge on any atom is -0.378 e. The van der Waals surface area contributed by atoms with Gasteiger partial charge in [-0.15, -0.1) is 0 Å². The van der Waals surface area contributed by atoms with Gasteiger partial charge in [-0.05, 0) is 23.3 Å². The van der Waals surface area contributed by atoms with Crippen LogP contribution in [0.25, 0.3) is 0 Å². The molecule has 1 heterocycles. The van der Waals surface area contributed by atoms with E-state index in [2.05, 4.69) is 0 Å². The first-order valence-corrected chi connectivity index (χ1v) is 6.20. The Kier molecular flexibility index (Phi) is 4.47. The number of nitrogens with zero attached hydrogens (tertiary/aromatic N) is 1. The van der Waals surface area contributed by atoms with Crippen LogP contribution in [0.15, 0.2) is 18.2 Å². The zero-order chi connectivity index (χ0) is 13.8. The van der Waals surface area contributed by atoms with Crippen LogP contribution in [0.1, 0.15) is 11.1 Å². The first-order valence-electron chi connectivity index (χ1n) is 6.20. The van der Waals surface area contributed by atoms with Gasteiger partial charge in [0.25, 0.3) is 0 Å². The van der Waals surface area contributed by atoms with Gasteiger partial charge >= 0.3 is 0 Å². The highest BCUT2D eigenvalue weighted by atomic mass is 19.1. The molecule has 104 valence electrons. The lowest BCUT2D eigenvalue weighted by atomic mass is 10.1. The van der Waals surface area contributed by atoms with Gasteiger partial charge in [0.15, 0.2) is 0 Å². The molecule has 1 saturated heterocycles. The van der Waals surface area contributed by atoms with Crippen molar-refractivity contribution >= 4 is 5.91 Å². The molecule has 6 heteroatoms. The molecule has 1 aromatic carbocycles. The van der Waals surface area contributed by atoms with Crippen molar-refractivity contribution in [1.29, 1.82) is 0 Å². The summed E-state index contributed by atoms with van der Waals surface area (Å²) < 4.78 is 18.4. The number of primary amides is 1. The number of halogens is 1. The molecule has 2 rings (SSSR count). The molecule has 1 unspecified atom stereocenters. The largest absolute Gasteiger partial charge is 0.378 e. The van der Waals surface area contributed by atoms with Crippen molar-refractivity contribution in [3.8, 4) is 0 Å². The number of rotatable bonds is 4. The van der Waals surface area contributed by atoms with E-state index in [4.69, 9.17) is 16.2 Å². The Morgan fingerprint density at radius 3 is 2.95 bits per heavy atom. The Balaban J connectivity index is 2.17. The average Bonchev–Trinajstić information content (AvgIpc) is 2.41. The van der Waals surface area contributed by atoms with Gasteiger partial charge in [0.05, 0.1) is 13.2 Å². The highest BCUT2D eigenvalue weighted by Gasteiger charge is 2.27. The van der Waals surface area contributed by atoms with Crippen LogP contribution in [0.3, 0.4) is 0 Å². The van der Waals surface area contributed by atoms with E-state index in [-0.39, 0.29) is 12.4 Å². The molecule has 1 aromatic rings. The standard InChI is InChI=1S/C13H18FN3O2/c14-11-2-1-9(10(5-11)6-15)7-17-3-4-19-8-12(17)13(16)18/h1-2,5,12H,3-4,6-8,15H2,(H2,16,18). The number of hydrogen-bond acceptors (Lipinski definition) is 4. The molecule has 4 N–H and O–H groups in total. The Morgan fingerprint density at radius 2 is 2.26 bits per heavy atom. The lowest BCUT2D eigenvalue weighted by Gasteiger charge is -2.33. The fourth-order valence-electron chi connectivity index (χ4n) is 2.25. The Bertz CT molecular complexity index is 467. The third-order valence-electron chi connectivity index (χ3n) is 3.33. The average molecular weight is 267 g/mol. The molecule has 0 aliphatic carbocycles. The molecule has 1 atom stereocenters. The number of nitrogens with two attached hydrogens (primary N) is 2. The van der Waals surface area contributed by atoms with Crippen LogP contribution >= 0.6 is 0 Å². The van der Waals surface area contributed by atoms with Crippen molar-refractivity contribution in [2.75, 3.05) is 19.8 Å². The fourth-order valence-corrected chi connectivity index (χ4v) is 2.25. The van der Waals surface area contributed by atoms with Crippen LogP contribution in [-0.4, -0.2) is 36.6 Å². The van der Waals surface area contributed by atoms with Crippen molar-refractivity contribution in [3.63, 3.8) is 0 Å². The summed E-state index contributed by atoms with van der Waals surface area (Å²) in [6.07, 6.45) is 0. The van der Waals surface area contributed by atoms with E-state index in [0.29, 0.717) is 26.3 Å². The van der Waals surface area contributed by atoms with Gasteiger partial charge in [-0.2, -0.15) is 0 Å². The number of amides is 1. The van der Waals surface area contributed by atoms with Crippen LogP contribution in [0, 0.1) is 5.82 Å². The van der Waals surface area contributed by atoms with Gasteiger partial charge in [0.1, 0.15) is 11.9 Å². The predicted octanol–water partition coefficient (Wildman–Crippen LogP) is -0.0295. The first-order chi connectivity index (χ1) is 9.11. The maximum Gasteiger partial charge on any atom is 0.237 e. The summed E-state index contributed by atoms with van der Waals surface area (Å²) in [5, 5.41) is 0. The third-order valence-corrected chi connectivity index (χ3v) is 3.33. The fraction of sp³-hybridized carbons (Fsp3) is 0.462. The maximum atomic E-state index is 13.2. The number of morpholine rings is 1. The van der Waals surface area contributed by atoms with Crippen LogP contribution in [-0.2, 0) is 22.6 Å². The highest BCUT2D eigenvalue weighted by Crippen LogP contribution is 2.17. The summed E-state index contributed by atoms with van der Waals surface area (Å²) in [7, 11) is 0. The topological polar surface area (TPSA) is 81.6 Å². The molecular formula is C13H18FN3O2. The lowest BCUT2D eigenvalue weighted by molar-refractivity contribution is -0.129. The lowest BCUT2D eigenvalue weighted by Crippen LogP contribution is -2.51. The second-order valence-corrected chi connectivity index (χ2v) is 4.58. The summed E-state index contributed by atoms with van der Waals surface area (Å²) in [5.41, 5.74) is 12.6. The number of ether oxygens (including phenoxy) is 1. The number of benzene rings is 1. The Hall–Kier alpha value is -1.50. The van der Waals surface area contributed by atoms with E-state index in [1.54, 1.807) is 6.07 Å². The van der Waals surface area contributed by atoms with Crippen molar-refractivity contribution in [2.24, 2.45) is 11.5 Å². The first kappa shape index (κ1) is 13.9. The molecule has 1 aliphatic heterocycles. The van der Waals surface area contributed by atoms with Crippen LogP contribution in [0.5, 0.6) is 0 Å². The quantitative estimate of drug-likeness (QED) is 0.802. The zero-order valence-electron chi connectivity index (χ0n) is 10.6.